The Hall–Kier alpha value is -1.35. The van der Waals surface area contributed by atoms with Crippen molar-refractivity contribution in [1.82, 2.24) is 10.2 Å². The van der Waals surface area contributed by atoms with Gasteiger partial charge in [-0.25, -0.2) is 0 Å². The third kappa shape index (κ3) is 3.57. The van der Waals surface area contributed by atoms with Crippen LogP contribution in [0.2, 0.25) is 0 Å². The van der Waals surface area contributed by atoms with Crippen molar-refractivity contribution in [1.29, 1.82) is 0 Å². The highest BCUT2D eigenvalue weighted by atomic mass is 16.2. The number of hydrogen-bond donors (Lipinski definition) is 1. The normalized spacial score (nSPS) is 23.5. The highest BCUT2D eigenvalue weighted by molar-refractivity contribution is 5.79. The highest BCUT2D eigenvalue weighted by Crippen LogP contribution is 2.14. The molecule has 1 amide bonds. The van der Waals surface area contributed by atoms with Crippen LogP contribution >= 0.6 is 0 Å². The quantitative estimate of drug-likeness (QED) is 0.882. The molecule has 0 aromatic heterocycles. The lowest BCUT2D eigenvalue weighted by Crippen LogP contribution is -2.56. The van der Waals surface area contributed by atoms with Crippen LogP contribution in [0.1, 0.15) is 30.5 Å². The Morgan fingerprint density at radius 2 is 1.89 bits per heavy atom. The van der Waals surface area contributed by atoms with Crippen molar-refractivity contribution < 1.29 is 4.79 Å². The molecule has 0 spiro atoms. The molecule has 1 saturated heterocycles. The summed E-state index contributed by atoms with van der Waals surface area (Å²) in [6.45, 7) is 10.0. The van der Waals surface area contributed by atoms with E-state index in [1.54, 1.807) is 0 Å². The lowest BCUT2D eigenvalue weighted by Gasteiger charge is -2.36. The average molecular weight is 260 g/mol. The van der Waals surface area contributed by atoms with E-state index < -0.39 is 0 Å². The number of aryl methyl sites for hydroxylation is 2. The van der Waals surface area contributed by atoms with Gasteiger partial charge in [0.15, 0.2) is 0 Å². The van der Waals surface area contributed by atoms with Gasteiger partial charge in [0.05, 0.1) is 6.42 Å². The Labute approximate surface area is 116 Å². The lowest BCUT2D eigenvalue weighted by molar-refractivity contribution is -0.132. The molecule has 1 heterocycles. The topological polar surface area (TPSA) is 32.3 Å². The molecule has 0 bridgehead atoms. The number of amides is 1. The van der Waals surface area contributed by atoms with Gasteiger partial charge in [-0.2, -0.15) is 0 Å². The monoisotopic (exact) mass is 260 g/mol. The smallest absolute Gasteiger partial charge is 0.227 e. The van der Waals surface area contributed by atoms with Crippen molar-refractivity contribution in [2.24, 2.45) is 0 Å². The number of nitrogens with one attached hydrogen (secondary N) is 1. The Kier molecular flexibility index (Phi) is 4.25. The second-order valence-corrected chi connectivity index (χ2v) is 5.87. The van der Waals surface area contributed by atoms with Gasteiger partial charge in [0.1, 0.15) is 0 Å². The van der Waals surface area contributed by atoms with Crippen LogP contribution in [0.25, 0.3) is 0 Å². The van der Waals surface area contributed by atoms with Gasteiger partial charge in [0, 0.05) is 25.2 Å². The Balaban J connectivity index is 2.06. The van der Waals surface area contributed by atoms with Crippen molar-refractivity contribution in [2.75, 3.05) is 13.1 Å². The summed E-state index contributed by atoms with van der Waals surface area (Å²) in [5, 5.41) is 3.45. The van der Waals surface area contributed by atoms with Crippen molar-refractivity contribution in [3.63, 3.8) is 0 Å². The number of rotatable bonds is 2. The van der Waals surface area contributed by atoms with Crippen molar-refractivity contribution in [3.05, 3.63) is 34.9 Å². The van der Waals surface area contributed by atoms with E-state index >= 15 is 0 Å². The van der Waals surface area contributed by atoms with E-state index in [9.17, 15) is 4.79 Å². The first-order chi connectivity index (χ1) is 8.95. The first-order valence-corrected chi connectivity index (χ1v) is 7.05. The third-order valence-electron chi connectivity index (χ3n) is 3.76. The molecule has 1 N–H and O–H groups in total. The summed E-state index contributed by atoms with van der Waals surface area (Å²) in [7, 11) is 0. The third-order valence-corrected chi connectivity index (χ3v) is 3.76. The van der Waals surface area contributed by atoms with Crippen LogP contribution in [0, 0.1) is 13.8 Å². The second kappa shape index (κ2) is 5.74. The predicted octanol–water partition coefficient (Wildman–Crippen LogP) is 2.05. The van der Waals surface area contributed by atoms with Crippen molar-refractivity contribution >= 4 is 5.91 Å². The number of carbonyl (C=O) groups is 1. The summed E-state index contributed by atoms with van der Waals surface area (Å²) in [6, 6.07) is 7.08. The number of carbonyl (C=O) groups excluding carboxylic acids is 1. The average Bonchev–Trinajstić information content (AvgIpc) is 2.32. The van der Waals surface area contributed by atoms with Gasteiger partial charge in [0.25, 0.3) is 0 Å². The molecule has 1 aliphatic rings. The molecular weight excluding hydrogens is 236 g/mol. The molecule has 104 valence electrons. The first kappa shape index (κ1) is 14.1. The molecule has 2 atom stereocenters. The molecule has 0 saturated carbocycles. The molecule has 0 radical (unpaired) electrons. The van der Waals surface area contributed by atoms with E-state index in [4.69, 9.17) is 0 Å². The van der Waals surface area contributed by atoms with Crippen LogP contribution in [-0.4, -0.2) is 36.0 Å². The van der Waals surface area contributed by atoms with E-state index in [1.165, 1.54) is 11.1 Å². The van der Waals surface area contributed by atoms with Gasteiger partial charge in [-0.1, -0.05) is 23.8 Å². The molecular formula is C16H24N2O. The zero-order valence-electron chi connectivity index (χ0n) is 12.4. The fourth-order valence-corrected chi connectivity index (χ4v) is 2.80. The second-order valence-electron chi connectivity index (χ2n) is 5.87. The van der Waals surface area contributed by atoms with Gasteiger partial charge >= 0.3 is 0 Å². The van der Waals surface area contributed by atoms with Crippen LogP contribution in [0.4, 0.5) is 0 Å². The lowest BCUT2D eigenvalue weighted by atomic mass is 10.0. The first-order valence-electron chi connectivity index (χ1n) is 7.05. The maximum absolute atomic E-state index is 12.4. The summed E-state index contributed by atoms with van der Waals surface area (Å²) >= 11 is 0. The van der Waals surface area contributed by atoms with E-state index in [1.807, 2.05) is 4.90 Å². The molecule has 0 aliphatic carbocycles. The molecule has 2 rings (SSSR count). The largest absolute Gasteiger partial charge is 0.339 e. The van der Waals surface area contributed by atoms with E-state index in [0.29, 0.717) is 18.5 Å². The van der Waals surface area contributed by atoms with Crippen LogP contribution in [-0.2, 0) is 11.2 Å². The maximum atomic E-state index is 12.4. The zero-order chi connectivity index (χ0) is 14.0. The minimum atomic E-state index is 0.244. The standard InChI is InChI=1S/C16H24N2O/c1-11-5-6-12(2)15(7-11)8-16(19)18-9-13(3)17-14(4)10-18/h5-7,13-14,17H,8-10H2,1-4H3/t13-,14-/m0/s1. The molecule has 1 aromatic rings. The fraction of sp³-hybridized carbons (Fsp3) is 0.562. The van der Waals surface area contributed by atoms with Gasteiger partial charge in [-0.3, -0.25) is 4.79 Å². The summed E-state index contributed by atoms with van der Waals surface area (Å²) < 4.78 is 0. The minimum Gasteiger partial charge on any atom is -0.339 e. The summed E-state index contributed by atoms with van der Waals surface area (Å²) in [5.74, 6) is 0.244. The van der Waals surface area contributed by atoms with Gasteiger partial charge < -0.3 is 10.2 Å². The number of benzene rings is 1. The maximum Gasteiger partial charge on any atom is 0.227 e. The molecule has 1 aliphatic heterocycles. The molecule has 1 fully saturated rings. The number of hydrogen-bond acceptors (Lipinski definition) is 2. The number of piperazine rings is 1. The van der Waals surface area contributed by atoms with Crippen molar-refractivity contribution in [3.8, 4) is 0 Å². The predicted molar refractivity (Wildman–Crippen MR) is 78.3 cm³/mol. The van der Waals surface area contributed by atoms with Gasteiger partial charge in [0.2, 0.25) is 5.91 Å². The number of nitrogens with zero attached hydrogens (tertiary/aromatic N) is 1. The summed E-state index contributed by atoms with van der Waals surface area (Å²) in [4.78, 5) is 14.4. The molecule has 1 aromatic carbocycles. The van der Waals surface area contributed by atoms with Gasteiger partial charge in [-0.15, -0.1) is 0 Å². The van der Waals surface area contributed by atoms with Crippen LogP contribution in [0.5, 0.6) is 0 Å². The Morgan fingerprint density at radius 1 is 1.26 bits per heavy atom. The molecule has 3 heteroatoms. The van der Waals surface area contributed by atoms with E-state index in [2.05, 4.69) is 51.2 Å². The Morgan fingerprint density at radius 3 is 2.53 bits per heavy atom. The van der Waals surface area contributed by atoms with E-state index in [0.717, 1.165) is 18.7 Å². The molecule has 3 nitrogen and oxygen atoms in total. The zero-order valence-corrected chi connectivity index (χ0v) is 12.4. The molecule has 0 unspecified atom stereocenters. The fourth-order valence-electron chi connectivity index (χ4n) is 2.80. The summed E-state index contributed by atoms with van der Waals surface area (Å²) in [6.07, 6.45) is 0.521. The summed E-state index contributed by atoms with van der Waals surface area (Å²) in [5.41, 5.74) is 3.58. The van der Waals surface area contributed by atoms with Gasteiger partial charge in [-0.05, 0) is 38.8 Å². The molecule has 19 heavy (non-hydrogen) atoms. The minimum absolute atomic E-state index is 0.244. The highest BCUT2D eigenvalue weighted by Gasteiger charge is 2.24. The van der Waals surface area contributed by atoms with Crippen LogP contribution in [0.3, 0.4) is 0 Å². The van der Waals surface area contributed by atoms with Crippen LogP contribution < -0.4 is 5.32 Å². The SMILES string of the molecule is Cc1ccc(C)c(CC(=O)N2C[C@H](C)N[C@@H](C)C2)c1. The van der Waals surface area contributed by atoms with Crippen LogP contribution in [0.15, 0.2) is 18.2 Å². The Bertz CT molecular complexity index is 460. The van der Waals surface area contributed by atoms with E-state index in [-0.39, 0.29) is 5.91 Å². The van der Waals surface area contributed by atoms with Crippen molar-refractivity contribution in [2.45, 2.75) is 46.2 Å².